The molecule has 20 heavy (non-hydrogen) atoms. The summed E-state index contributed by atoms with van der Waals surface area (Å²) in [5.41, 5.74) is 0.828. The molecule has 0 amide bonds. The number of benzene rings is 3. The van der Waals surface area contributed by atoms with Crippen LogP contribution in [0.5, 0.6) is 0 Å². The van der Waals surface area contributed by atoms with Gasteiger partial charge in [0.15, 0.2) is 0 Å². The fraction of sp³-hybridized carbons (Fsp3) is 0. The van der Waals surface area contributed by atoms with Gasteiger partial charge in [0.25, 0.3) is 0 Å². The monoisotopic (exact) mass is 282 g/mol. The lowest BCUT2D eigenvalue weighted by molar-refractivity contribution is 0.0393. The summed E-state index contributed by atoms with van der Waals surface area (Å²) in [5.74, 6) is -1.22. The Morgan fingerprint density at radius 1 is 0.900 bits per heavy atom. The maximum atomic E-state index is 12.1. The lowest BCUT2D eigenvalue weighted by Gasteiger charge is -2.17. The van der Waals surface area contributed by atoms with Crippen LogP contribution in [0.3, 0.4) is 0 Å². The predicted octanol–water partition coefficient (Wildman–Crippen LogP) is 3.96. The molecule has 96 valence electrons. The molecule has 4 heteroatoms. The van der Waals surface area contributed by atoms with Crippen molar-refractivity contribution in [2.24, 2.45) is 0 Å². The maximum Gasteiger partial charge on any atom is 0.347 e. The van der Waals surface area contributed by atoms with Crippen LogP contribution in [0.4, 0.5) is 0 Å². The molecule has 3 aromatic rings. The molecule has 0 aliphatic carbocycles. The minimum atomic E-state index is -0.619. The van der Waals surface area contributed by atoms with Gasteiger partial charge in [-0.25, -0.2) is 9.59 Å². The van der Waals surface area contributed by atoms with Gasteiger partial charge in [-0.2, -0.15) is 0 Å². The summed E-state index contributed by atoms with van der Waals surface area (Å²) in [6.07, 6.45) is 0. The van der Waals surface area contributed by atoms with E-state index in [1.165, 1.54) is 0 Å². The van der Waals surface area contributed by atoms with Gasteiger partial charge < -0.3 is 4.74 Å². The number of rotatable bonds is 0. The maximum absolute atomic E-state index is 12.1. The second kappa shape index (κ2) is 3.81. The largest absolute Gasteiger partial charge is 0.386 e. The highest BCUT2D eigenvalue weighted by molar-refractivity contribution is 6.32. The zero-order valence-corrected chi connectivity index (χ0v) is 10.9. The molecule has 0 saturated carbocycles. The molecule has 0 atom stereocenters. The van der Waals surface area contributed by atoms with Gasteiger partial charge in [-0.3, -0.25) is 0 Å². The highest BCUT2D eigenvalue weighted by Crippen LogP contribution is 2.35. The van der Waals surface area contributed by atoms with Gasteiger partial charge in [-0.1, -0.05) is 29.8 Å². The van der Waals surface area contributed by atoms with Gasteiger partial charge in [0.2, 0.25) is 0 Å². The average Bonchev–Trinajstić information content (AvgIpc) is 2.43. The minimum absolute atomic E-state index is 0.412. The normalized spacial score (nSPS) is 13.8. The summed E-state index contributed by atoms with van der Waals surface area (Å²) in [6, 6.07) is 12.6. The quantitative estimate of drug-likeness (QED) is 0.356. The van der Waals surface area contributed by atoms with E-state index in [4.69, 9.17) is 16.3 Å². The Bertz CT molecular complexity index is 928. The number of cyclic esters (lactones) is 2. The molecule has 1 aliphatic rings. The smallest absolute Gasteiger partial charge is 0.347 e. The Kier molecular flexibility index (Phi) is 2.18. The fourth-order valence-electron chi connectivity index (χ4n) is 2.71. The molecule has 0 radical (unpaired) electrons. The van der Waals surface area contributed by atoms with Crippen LogP contribution in [0.15, 0.2) is 42.5 Å². The molecular weight excluding hydrogens is 276 g/mol. The molecule has 1 heterocycles. The van der Waals surface area contributed by atoms with E-state index < -0.39 is 11.9 Å². The van der Waals surface area contributed by atoms with E-state index in [9.17, 15) is 9.59 Å². The molecule has 0 fully saturated rings. The van der Waals surface area contributed by atoms with Crippen LogP contribution >= 0.6 is 11.6 Å². The van der Waals surface area contributed by atoms with Gasteiger partial charge in [0, 0.05) is 10.4 Å². The summed E-state index contributed by atoms with van der Waals surface area (Å²) < 4.78 is 4.83. The van der Waals surface area contributed by atoms with Crippen molar-refractivity contribution >= 4 is 45.1 Å². The van der Waals surface area contributed by atoms with Crippen molar-refractivity contribution in [3.05, 3.63) is 58.6 Å². The molecule has 0 unspecified atom stereocenters. The number of hydrogen-bond acceptors (Lipinski definition) is 3. The summed E-state index contributed by atoms with van der Waals surface area (Å²) in [7, 11) is 0. The second-order valence-electron chi connectivity index (χ2n) is 4.70. The van der Waals surface area contributed by atoms with E-state index in [1.54, 1.807) is 24.3 Å². The lowest BCUT2D eigenvalue weighted by atomic mass is 9.92. The molecule has 0 spiro atoms. The number of fused-ring (bicyclic) bond motifs is 2. The van der Waals surface area contributed by atoms with Crippen molar-refractivity contribution in [1.82, 2.24) is 0 Å². The van der Waals surface area contributed by atoms with Gasteiger partial charge >= 0.3 is 11.9 Å². The van der Waals surface area contributed by atoms with Crippen molar-refractivity contribution < 1.29 is 14.3 Å². The number of carbonyl (C=O) groups excluding carboxylic acids is 2. The van der Waals surface area contributed by atoms with E-state index in [0.29, 0.717) is 26.9 Å². The van der Waals surface area contributed by atoms with Crippen LogP contribution in [-0.4, -0.2) is 11.9 Å². The van der Waals surface area contributed by atoms with Crippen LogP contribution in [0.1, 0.15) is 20.7 Å². The zero-order chi connectivity index (χ0) is 13.9. The molecular formula is C16H7ClO3. The first-order valence-electron chi connectivity index (χ1n) is 6.06. The SMILES string of the molecule is O=C1OC(=O)c2c3cc(Cl)ccc3cc3cccc1c23. The van der Waals surface area contributed by atoms with Gasteiger partial charge in [-0.05, 0) is 40.4 Å². The summed E-state index contributed by atoms with van der Waals surface area (Å²) in [6.45, 7) is 0. The van der Waals surface area contributed by atoms with Crippen molar-refractivity contribution in [2.45, 2.75) is 0 Å². The Balaban J connectivity index is 2.33. The van der Waals surface area contributed by atoms with E-state index in [1.807, 2.05) is 18.2 Å². The van der Waals surface area contributed by atoms with Crippen LogP contribution in [0.25, 0.3) is 21.5 Å². The standard InChI is InChI=1S/C16H7ClO3/c17-10-5-4-8-6-9-2-1-3-11-13(9)14(12(8)7-10)16(19)20-15(11)18/h1-7H. The first-order valence-corrected chi connectivity index (χ1v) is 6.44. The Morgan fingerprint density at radius 2 is 1.75 bits per heavy atom. The van der Waals surface area contributed by atoms with E-state index in [-0.39, 0.29) is 0 Å². The molecule has 4 rings (SSSR count). The van der Waals surface area contributed by atoms with Crippen molar-refractivity contribution in [3.8, 4) is 0 Å². The molecule has 3 aromatic carbocycles. The van der Waals surface area contributed by atoms with Crippen molar-refractivity contribution in [3.63, 3.8) is 0 Å². The van der Waals surface area contributed by atoms with Gasteiger partial charge in [0.05, 0.1) is 11.1 Å². The average molecular weight is 283 g/mol. The second-order valence-corrected chi connectivity index (χ2v) is 5.13. The van der Waals surface area contributed by atoms with E-state index in [2.05, 4.69) is 0 Å². The summed E-state index contributed by atoms with van der Waals surface area (Å²) >= 11 is 6.01. The van der Waals surface area contributed by atoms with Crippen molar-refractivity contribution in [2.75, 3.05) is 0 Å². The first-order chi connectivity index (χ1) is 9.65. The van der Waals surface area contributed by atoms with Crippen molar-refractivity contribution in [1.29, 1.82) is 0 Å². The van der Waals surface area contributed by atoms with Crippen LogP contribution in [-0.2, 0) is 4.74 Å². The lowest BCUT2D eigenvalue weighted by Crippen LogP contribution is -2.19. The predicted molar refractivity (Wildman–Crippen MR) is 76.2 cm³/mol. The number of esters is 2. The Morgan fingerprint density at radius 3 is 2.60 bits per heavy atom. The van der Waals surface area contributed by atoms with Crippen LogP contribution in [0.2, 0.25) is 5.02 Å². The van der Waals surface area contributed by atoms with Gasteiger partial charge in [0.1, 0.15) is 0 Å². The molecule has 3 nitrogen and oxygen atoms in total. The zero-order valence-electron chi connectivity index (χ0n) is 10.1. The Labute approximate surface area is 118 Å². The van der Waals surface area contributed by atoms with Gasteiger partial charge in [-0.15, -0.1) is 0 Å². The molecule has 1 aliphatic heterocycles. The molecule has 0 aromatic heterocycles. The van der Waals surface area contributed by atoms with E-state index in [0.717, 1.165) is 10.8 Å². The summed E-state index contributed by atoms with van der Waals surface area (Å²) in [4.78, 5) is 23.9. The van der Waals surface area contributed by atoms with Crippen LogP contribution in [0, 0.1) is 0 Å². The fourth-order valence-corrected chi connectivity index (χ4v) is 2.89. The van der Waals surface area contributed by atoms with Crippen LogP contribution < -0.4 is 0 Å². The third-order valence-electron chi connectivity index (χ3n) is 3.55. The number of carbonyl (C=O) groups is 2. The minimum Gasteiger partial charge on any atom is -0.386 e. The topological polar surface area (TPSA) is 43.4 Å². The Hall–Kier alpha value is -2.39. The molecule has 0 saturated heterocycles. The summed E-state index contributed by atoms with van der Waals surface area (Å²) in [5, 5.41) is 3.62. The first kappa shape index (κ1) is 11.4. The third kappa shape index (κ3) is 1.41. The highest BCUT2D eigenvalue weighted by Gasteiger charge is 2.29. The highest BCUT2D eigenvalue weighted by atomic mass is 35.5. The number of ether oxygens (including phenoxy) is 1. The number of halogens is 1. The number of hydrogen-bond donors (Lipinski definition) is 0. The molecule has 0 bridgehead atoms. The third-order valence-corrected chi connectivity index (χ3v) is 3.79. The molecule has 0 N–H and O–H groups in total. The van der Waals surface area contributed by atoms with E-state index >= 15 is 0 Å².